The van der Waals surface area contributed by atoms with Gasteiger partial charge in [-0.25, -0.2) is 4.39 Å². The van der Waals surface area contributed by atoms with Gasteiger partial charge in [-0.3, -0.25) is 4.79 Å². The lowest BCUT2D eigenvalue weighted by atomic mass is 10.1. The summed E-state index contributed by atoms with van der Waals surface area (Å²) in [5, 5.41) is 12.3. The summed E-state index contributed by atoms with van der Waals surface area (Å²) in [6.45, 7) is 1.68. The van der Waals surface area contributed by atoms with Crippen LogP contribution >= 0.6 is 0 Å². The first kappa shape index (κ1) is 12.9. The summed E-state index contributed by atoms with van der Waals surface area (Å²) in [4.78, 5) is 12.0. The number of hydrogen-bond donors (Lipinski definition) is 3. The van der Waals surface area contributed by atoms with Gasteiger partial charge in [-0.15, -0.1) is 0 Å². The number of carbonyl (C=O) groups is 1. The number of phenols is 1. The van der Waals surface area contributed by atoms with Gasteiger partial charge in [-0.1, -0.05) is 6.07 Å². The first-order valence-electron chi connectivity index (χ1n) is 5.64. The van der Waals surface area contributed by atoms with Crippen LogP contribution in [0.2, 0.25) is 0 Å². The Hall–Kier alpha value is -2.56. The van der Waals surface area contributed by atoms with Crippen LogP contribution in [0.5, 0.6) is 5.75 Å². The Morgan fingerprint density at radius 3 is 2.74 bits per heavy atom. The van der Waals surface area contributed by atoms with Crippen LogP contribution in [0.3, 0.4) is 0 Å². The Morgan fingerprint density at radius 1 is 1.32 bits per heavy atom. The monoisotopic (exact) mass is 260 g/mol. The maximum Gasteiger partial charge on any atom is 0.259 e. The molecule has 0 spiro atoms. The molecule has 2 aromatic rings. The second-order valence-corrected chi connectivity index (χ2v) is 4.16. The van der Waals surface area contributed by atoms with E-state index < -0.39 is 5.91 Å². The van der Waals surface area contributed by atoms with E-state index in [1.807, 2.05) is 0 Å². The number of anilines is 2. The van der Waals surface area contributed by atoms with Gasteiger partial charge in [0.25, 0.3) is 5.91 Å². The number of nitrogen functional groups attached to an aromatic ring is 1. The molecule has 2 rings (SSSR count). The third kappa shape index (κ3) is 2.65. The van der Waals surface area contributed by atoms with Crippen molar-refractivity contribution in [2.24, 2.45) is 0 Å². The van der Waals surface area contributed by atoms with E-state index in [1.54, 1.807) is 13.0 Å². The fourth-order valence-corrected chi connectivity index (χ4v) is 1.70. The van der Waals surface area contributed by atoms with Gasteiger partial charge in [0.05, 0.1) is 11.3 Å². The average molecular weight is 260 g/mol. The first-order valence-corrected chi connectivity index (χ1v) is 5.64. The van der Waals surface area contributed by atoms with Crippen LogP contribution in [0.4, 0.5) is 15.8 Å². The average Bonchev–Trinajstić information content (AvgIpc) is 2.36. The molecule has 0 fully saturated rings. The minimum Gasteiger partial charge on any atom is -0.505 e. The summed E-state index contributed by atoms with van der Waals surface area (Å²) < 4.78 is 13.0. The van der Waals surface area contributed by atoms with Crippen LogP contribution < -0.4 is 11.1 Å². The van der Waals surface area contributed by atoms with Crippen LogP contribution in [0.15, 0.2) is 36.4 Å². The van der Waals surface area contributed by atoms with Crippen molar-refractivity contribution in [3.05, 3.63) is 53.3 Å². The predicted octanol–water partition coefficient (Wildman–Crippen LogP) is 2.67. The van der Waals surface area contributed by atoms with Gasteiger partial charge >= 0.3 is 0 Å². The molecule has 0 unspecified atom stereocenters. The van der Waals surface area contributed by atoms with E-state index in [0.717, 1.165) is 0 Å². The normalized spacial score (nSPS) is 10.2. The number of halogens is 1. The molecule has 0 bridgehead atoms. The molecule has 1 amide bonds. The van der Waals surface area contributed by atoms with Gasteiger partial charge in [0, 0.05) is 5.69 Å². The number of amides is 1. The lowest BCUT2D eigenvalue weighted by Gasteiger charge is -2.10. The van der Waals surface area contributed by atoms with Crippen LogP contribution in [0, 0.1) is 12.7 Å². The SMILES string of the molecule is Cc1cc(F)ccc1NC(=O)c1cccc(N)c1O. The van der Waals surface area contributed by atoms with Crippen LogP contribution in [0.25, 0.3) is 0 Å². The number of nitrogens with one attached hydrogen (secondary N) is 1. The molecule has 0 aromatic heterocycles. The van der Waals surface area contributed by atoms with Crippen LogP contribution in [0.1, 0.15) is 15.9 Å². The fourth-order valence-electron chi connectivity index (χ4n) is 1.70. The molecule has 0 radical (unpaired) electrons. The maximum absolute atomic E-state index is 13.0. The quantitative estimate of drug-likeness (QED) is 0.574. The third-order valence-electron chi connectivity index (χ3n) is 2.75. The number of carbonyl (C=O) groups excluding carboxylic acids is 1. The second-order valence-electron chi connectivity index (χ2n) is 4.16. The highest BCUT2D eigenvalue weighted by molar-refractivity contribution is 6.07. The standard InChI is InChI=1S/C14H13FN2O2/c1-8-7-9(15)5-6-12(8)17-14(19)10-3-2-4-11(16)13(10)18/h2-7,18H,16H2,1H3,(H,17,19). The number of aromatic hydroxyl groups is 1. The summed E-state index contributed by atoms with van der Waals surface area (Å²) >= 11 is 0. The van der Waals surface area contributed by atoms with Crippen molar-refractivity contribution in [1.29, 1.82) is 0 Å². The molecule has 5 heteroatoms. The van der Waals surface area contributed by atoms with E-state index >= 15 is 0 Å². The van der Waals surface area contributed by atoms with Crippen molar-refractivity contribution in [1.82, 2.24) is 0 Å². The molecule has 2 aromatic carbocycles. The molecule has 0 aliphatic heterocycles. The molecule has 0 heterocycles. The van der Waals surface area contributed by atoms with Gasteiger partial charge in [0.15, 0.2) is 5.75 Å². The molecule has 4 nitrogen and oxygen atoms in total. The number of benzene rings is 2. The number of para-hydroxylation sites is 1. The number of rotatable bonds is 2. The van der Waals surface area contributed by atoms with Crippen molar-refractivity contribution < 1.29 is 14.3 Å². The van der Waals surface area contributed by atoms with Crippen molar-refractivity contribution >= 4 is 17.3 Å². The molecular weight excluding hydrogens is 247 g/mol. The van der Waals surface area contributed by atoms with E-state index in [2.05, 4.69) is 5.32 Å². The molecule has 0 aliphatic rings. The van der Waals surface area contributed by atoms with Gasteiger partial charge in [-0.05, 0) is 42.8 Å². The van der Waals surface area contributed by atoms with E-state index in [1.165, 1.54) is 30.3 Å². The number of phenolic OH excluding ortho intramolecular Hbond substituents is 1. The molecule has 19 heavy (non-hydrogen) atoms. The van der Waals surface area contributed by atoms with Gasteiger partial charge in [0.2, 0.25) is 0 Å². The summed E-state index contributed by atoms with van der Waals surface area (Å²) in [5.41, 5.74) is 6.80. The molecule has 98 valence electrons. The first-order chi connectivity index (χ1) is 8.99. The Labute approximate surface area is 109 Å². The largest absolute Gasteiger partial charge is 0.505 e. The molecule has 4 N–H and O–H groups in total. The zero-order valence-corrected chi connectivity index (χ0v) is 10.3. The highest BCUT2D eigenvalue weighted by Crippen LogP contribution is 2.25. The summed E-state index contributed by atoms with van der Waals surface area (Å²) in [7, 11) is 0. The summed E-state index contributed by atoms with van der Waals surface area (Å²) in [6.07, 6.45) is 0. The van der Waals surface area contributed by atoms with E-state index in [0.29, 0.717) is 11.3 Å². The lowest BCUT2D eigenvalue weighted by molar-refractivity contribution is 0.102. The third-order valence-corrected chi connectivity index (χ3v) is 2.75. The lowest BCUT2D eigenvalue weighted by Crippen LogP contribution is -2.13. The molecule has 0 atom stereocenters. The van der Waals surface area contributed by atoms with Crippen molar-refractivity contribution in [3.63, 3.8) is 0 Å². The van der Waals surface area contributed by atoms with Crippen molar-refractivity contribution in [2.75, 3.05) is 11.1 Å². The minimum atomic E-state index is -0.500. The number of hydrogen-bond acceptors (Lipinski definition) is 3. The Bertz CT molecular complexity index is 641. The van der Waals surface area contributed by atoms with E-state index in [4.69, 9.17) is 5.73 Å². The van der Waals surface area contributed by atoms with E-state index in [9.17, 15) is 14.3 Å². The number of aryl methyl sites for hydroxylation is 1. The number of nitrogens with two attached hydrogens (primary N) is 1. The zero-order valence-electron chi connectivity index (χ0n) is 10.3. The topological polar surface area (TPSA) is 75.4 Å². The van der Waals surface area contributed by atoms with Crippen LogP contribution in [-0.2, 0) is 0 Å². The highest BCUT2D eigenvalue weighted by atomic mass is 19.1. The Morgan fingerprint density at radius 2 is 2.05 bits per heavy atom. The molecule has 0 saturated carbocycles. The Kier molecular flexibility index (Phi) is 3.37. The predicted molar refractivity (Wildman–Crippen MR) is 71.6 cm³/mol. The van der Waals surface area contributed by atoms with Crippen LogP contribution in [-0.4, -0.2) is 11.0 Å². The van der Waals surface area contributed by atoms with Gasteiger partial charge < -0.3 is 16.2 Å². The summed E-state index contributed by atoms with van der Waals surface area (Å²) in [5.74, 6) is -1.14. The van der Waals surface area contributed by atoms with Crippen molar-refractivity contribution in [2.45, 2.75) is 6.92 Å². The van der Waals surface area contributed by atoms with Crippen molar-refractivity contribution in [3.8, 4) is 5.75 Å². The second kappa shape index (κ2) is 4.97. The molecule has 0 aliphatic carbocycles. The fraction of sp³-hybridized carbons (Fsp3) is 0.0714. The smallest absolute Gasteiger partial charge is 0.259 e. The zero-order chi connectivity index (χ0) is 14.0. The van der Waals surface area contributed by atoms with Gasteiger partial charge in [0.1, 0.15) is 5.82 Å². The minimum absolute atomic E-state index is 0.0729. The highest BCUT2D eigenvalue weighted by Gasteiger charge is 2.14. The molecule has 0 saturated heterocycles. The summed E-state index contributed by atoms with van der Waals surface area (Å²) in [6, 6.07) is 8.55. The van der Waals surface area contributed by atoms with Gasteiger partial charge in [-0.2, -0.15) is 0 Å². The maximum atomic E-state index is 13.0. The van der Waals surface area contributed by atoms with E-state index in [-0.39, 0.29) is 22.8 Å². The molecular formula is C14H13FN2O2. The Balaban J connectivity index is 2.28.